The fraction of sp³-hybridized carbons (Fsp3) is 0.276. The molecule has 3 aromatic carbocycles. The van der Waals surface area contributed by atoms with Crippen LogP contribution in [0, 0.1) is 0 Å². The monoisotopic (exact) mass is 532 g/mol. The number of furan rings is 1. The van der Waals surface area contributed by atoms with Crippen molar-refractivity contribution in [2.24, 2.45) is 0 Å². The van der Waals surface area contributed by atoms with Crippen LogP contribution in [-0.2, 0) is 14.9 Å². The van der Waals surface area contributed by atoms with Crippen LogP contribution in [0.2, 0.25) is 0 Å². The Morgan fingerprint density at radius 3 is 2.34 bits per heavy atom. The van der Waals surface area contributed by atoms with E-state index in [-0.39, 0.29) is 12.5 Å². The number of carbonyl (C=O) groups is 1. The van der Waals surface area contributed by atoms with Crippen molar-refractivity contribution in [2.45, 2.75) is 25.7 Å². The van der Waals surface area contributed by atoms with E-state index in [0.717, 1.165) is 24.2 Å². The van der Waals surface area contributed by atoms with Crippen LogP contribution >= 0.6 is 0 Å². The molecular weight excluding hydrogens is 504 g/mol. The summed E-state index contributed by atoms with van der Waals surface area (Å²) >= 11 is 0. The zero-order valence-corrected chi connectivity index (χ0v) is 22.0. The summed E-state index contributed by atoms with van der Waals surface area (Å²) in [5.41, 5.74) is 3.01. The van der Waals surface area contributed by atoms with E-state index >= 15 is 0 Å². The molecule has 0 spiro atoms. The van der Waals surface area contributed by atoms with Crippen LogP contribution in [-0.4, -0.2) is 45.4 Å². The third-order valence-corrected chi connectivity index (χ3v) is 8.90. The van der Waals surface area contributed by atoms with Crippen molar-refractivity contribution in [1.29, 1.82) is 0 Å². The summed E-state index contributed by atoms with van der Waals surface area (Å²) in [5, 5.41) is 0.624. The number of nitrogens with zero attached hydrogens (tertiary/aromatic N) is 2. The number of anilines is 1. The molecule has 6 rings (SSSR count). The molecule has 1 aromatic heterocycles. The Morgan fingerprint density at radius 1 is 1.00 bits per heavy atom. The van der Waals surface area contributed by atoms with E-state index in [1.165, 1.54) is 8.61 Å². The Bertz CT molecular complexity index is 1610. The second kappa shape index (κ2) is 9.49. The van der Waals surface area contributed by atoms with Gasteiger partial charge in [0.25, 0.3) is 0 Å². The lowest BCUT2D eigenvalue weighted by molar-refractivity contribution is 0.0528. The van der Waals surface area contributed by atoms with Gasteiger partial charge in [-0.1, -0.05) is 18.2 Å². The smallest absolute Gasteiger partial charge is 0.342 e. The van der Waals surface area contributed by atoms with Gasteiger partial charge >= 0.3 is 16.2 Å². The Balaban J connectivity index is 1.46. The number of benzene rings is 3. The maximum Gasteiger partial charge on any atom is 0.342 e. The van der Waals surface area contributed by atoms with Gasteiger partial charge in [-0.2, -0.15) is 12.7 Å². The predicted molar refractivity (Wildman–Crippen MR) is 145 cm³/mol. The van der Waals surface area contributed by atoms with E-state index < -0.39 is 16.2 Å². The summed E-state index contributed by atoms with van der Waals surface area (Å²) in [5.74, 6) is 1.52. The summed E-state index contributed by atoms with van der Waals surface area (Å²) in [4.78, 5) is 13.2. The molecule has 8 nitrogen and oxygen atoms in total. The molecule has 1 saturated heterocycles. The molecule has 196 valence electrons. The molecule has 0 unspecified atom stereocenters. The first-order valence-corrected chi connectivity index (χ1v) is 14.1. The number of esters is 1. The lowest BCUT2D eigenvalue weighted by Crippen LogP contribution is -2.31. The molecule has 1 aliphatic heterocycles. The second-order valence-electron chi connectivity index (χ2n) is 9.55. The number of ether oxygens (including phenoxy) is 2. The predicted octanol–water partition coefficient (Wildman–Crippen LogP) is 5.94. The first kappa shape index (κ1) is 24.5. The lowest BCUT2D eigenvalue weighted by atomic mass is 10.0. The number of carbonyl (C=O) groups excluding carboxylic acids is 1. The third-order valence-electron chi connectivity index (χ3n) is 6.99. The molecule has 9 heteroatoms. The number of para-hydroxylation sites is 1. The van der Waals surface area contributed by atoms with Crippen molar-refractivity contribution in [1.82, 2.24) is 4.31 Å². The van der Waals surface area contributed by atoms with E-state index in [1.807, 2.05) is 60.7 Å². The molecule has 1 saturated carbocycles. The first-order valence-electron chi connectivity index (χ1n) is 12.7. The van der Waals surface area contributed by atoms with Gasteiger partial charge in [-0.15, -0.1) is 0 Å². The summed E-state index contributed by atoms with van der Waals surface area (Å²) in [6, 6.07) is 20.5. The summed E-state index contributed by atoms with van der Waals surface area (Å²) in [6.45, 7) is 2.77. The quantitative estimate of drug-likeness (QED) is 0.274. The highest BCUT2D eigenvalue weighted by atomic mass is 32.2. The fourth-order valence-corrected chi connectivity index (χ4v) is 6.24. The van der Waals surface area contributed by atoms with Crippen molar-refractivity contribution >= 4 is 32.8 Å². The Hall–Kier alpha value is -3.82. The standard InChI is InChI=1S/C29H28N2O6S/c1-3-35-29(32)27-24-17-23(19-9-10-19)25(31-16-15-30(2)38(31,33)34)18-26(24)37-28(27)20-11-13-22(14-12-20)36-21-7-5-4-6-8-21/h4-8,11-14,17-19H,3,9-10,15-16H2,1-2H3. The van der Waals surface area contributed by atoms with E-state index in [2.05, 4.69) is 0 Å². The highest BCUT2D eigenvalue weighted by Crippen LogP contribution is 2.48. The van der Waals surface area contributed by atoms with Crippen LogP contribution in [0.15, 0.2) is 71.1 Å². The van der Waals surface area contributed by atoms with Crippen molar-refractivity contribution in [3.63, 3.8) is 0 Å². The molecule has 4 aromatic rings. The number of fused-ring (bicyclic) bond motifs is 1. The zero-order chi connectivity index (χ0) is 26.4. The molecule has 0 N–H and O–H groups in total. The molecule has 2 fully saturated rings. The van der Waals surface area contributed by atoms with Gasteiger partial charge in [0, 0.05) is 37.2 Å². The molecule has 0 bridgehead atoms. The van der Waals surface area contributed by atoms with Gasteiger partial charge in [-0.3, -0.25) is 4.31 Å². The molecule has 0 radical (unpaired) electrons. The largest absolute Gasteiger partial charge is 0.462 e. The maximum atomic E-state index is 13.2. The SMILES string of the molecule is CCOC(=O)c1c(-c2ccc(Oc3ccccc3)cc2)oc2cc(N3CCN(C)S3(=O)=O)c(C3CC3)cc12. The maximum absolute atomic E-state index is 13.2. The van der Waals surface area contributed by atoms with Gasteiger partial charge in [-0.25, -0.2) is 4.79 Å². The average Bonchev–Trinajstić information content (AvgIpc) is 3.63. The number of hydrogen-bond donors (Lipinski definition) is 0. The van der Waals surface area contributed by atoms with Crippen LogP contribution in [0.3, 0.4) is 0 Å². The van der Waals surface area contributed by atoms with E-state index in [9.17, 15) is 13.2 Å². The molecule has 38 heavy (non-hydrogen) atoms. The Morgan fingerprint density at radius 2 is 1.71 bits per heavy atom. The van der Waals surface area contributed by atoms with Crippen LogP contribution in [0.5, 0.6) is 11.5 Å². The van der Waals surface area contributed by atoms with Crippen LogP contribution in [0.25, 0.3) is 22.3 Å². The molecule has 2 aliphatic rings. The molecular formula is C29H28N2O6S. The minimum Gasteiger partial charge on any atom is -0.462 e. The second-order valence-corrected chi connectivity index (χ2v) is 11.5. The third kappa shape index (κ3) is 4.31. The number of hydrogen-bond acceptors (Lipinski definition) is 6. The van der Waals surface area contributed by atoms with Crippen LogP contribution < -0.4 is 9.04 Å². The van der Waals surface area contributed by atoms with E-state index in [4.69, 9.17) is 13.9 Å². The van der Waals surface area contributed by atoms with E-state index in [0.29, 0.717) is 52.4 Å². The Labute approximate surface area is 221 Å². The van der Waals surface area contributed by atoms with Gasteiger partial charge in [-0.05, 0) is 73.7 Å². The van der Waals surface area contributed by atoms with Gasteiger partial charge in [0.1, 0.15) is 28.4 Å². The van der Waals surface area contributed by atoms with Gasteiger partial charge < -0.3 is 13.9 Å². The van der Waals surface area contributed by atoms with Gasteiger partial charge in [0.05, 0.1) is 12.3 Å². The molecule has 0 atom stereocenters. The van der Waals surface area contributed by atoms with Crippen molar-refractivity contribution < 1.29 is 27.1 Å². The highest BCUT2D eigenvalue weighted by molar-refractivity contribution is 7.90. The van der Waals surface area contributed by atoms with Crippen LogP contribution in [0.4, 0.5) is 5.69 Å². The normalized spacial score (nSPS) is 17.2. The fourth-order valence-electron chi connectivity index (χ4n) is 4.87. The number of rotatable bonds is 7. The summed E-state index contributed by atoms with van der Waals surface area (Å²) in [7, 11) is -2.02. The molecule has 2 heterocycles. The molecule has 1 aliphatic carbocycles. The summed E-state index contributed by atoms with van der Waals surface area (Å²) in [6.07, 6.45) is 1.95. The minimum absolute atomic E-state index is 0.223. The minimum atomic E-state index is -3.61. The van der Waals surface area contributed by atoms with Gasteiger partial charge in [0.2, 0.25) is 0 Å². The van der Waals surface area contributed by atoms with Gasteiger partial charge in [0.15, 0.2) is 0 Å². The van der Waals surface area contributed by atoms with E-state index in [1.54, 1.807) is 20.0 Å². The van der Waals surface area contributed by atoms with Crippen molar-refractivity contribution in [3.8, 4) is 22.8 Å². The highest BCUT2D eigenvalue weighted by Gasteiger charge is 2.39. The first-order chi connectivity index (χ1) is 18.4. The van der Waals surface area contributed by atoms with Crippen molar-refractivity contribution in [2.75, 3.05) is 31.0 Å². The molecule has 0 amide bonds. The lowest BCUT2D eigenvalue weighted by Gasteiger charge is -2.21. The zero-order valence-electron chi connectivity index (χ0n) is 21.2. The Kier molecular flexibility index (Phi) is 6.12. The number of likely N-dealkylation sites (N-methyl/N-ethyl adjacent to an activating group) is 1. The summed E-state index contributed by atoms with van der Waals surface area (Å²) < 4.78 is 46.4. The average molecular weight is 533 g/mol. The topological polar surface area (TPSA) is 89.3 Å². The van der Waals surface area contributed by atoms with Crippen molar-refractivity contribution in [3.05, 3.63) is 77.9 Å². The van der Waals surface area contributed by atoms with Crippen LogP contribution in [0.1, 0.15) is 41.6 Å².